The normalized spacial score (nSPS) is 27.3. The lowest BCUT2D eigenvalue weighted by Gasteiger charge is -2.38. The molecule has 2 amide bonds. The molecule has 5 nitrogen and oxygen atoms in total. The van der Waals surface area contributed by atoms with Crippen LogP contribution in [0.25, 0.3) is 6.08 Å². The number of likely N-dealkylation sites (tertiary alicyclic amines) is 1. The molecule has 4 atom stereocenters. The largest absolute Gasteiger partial charge is 0.352 e. The summed E-state index contributed by atoms with van der Waals surface area (Å²) in [6.07, 6.45) is 3.88. The zero-order valence-corrected chi connectivity index (χ0v) is 18.4. The van der Waals surface area contributed by atoms with Crippen LogP contribution in [-0.2, 0) is 9.59 Å². The number of hydrogen-bond donors (Lipinski definition) is 0. The second kappa shape index (κ2) is 6.53. The minimum atomic E-state index is -0.729. The van der Waals surface area contributed by atoms with Gasteiger partial charge in [0.15, 0.2) is 5.78 Å². The molecule has 30 heavy (non-hydrogen) atoms. The SMILES string of the molecule is CC(C)(C)N1C(=O)[C@@H]2[C@H](C1=O)[C@@H](C(=O)c1cccs1)N1c3ccc(Cl)cc3C=C[C@H]21. The van der Waals surface area contributed by atoms with E-state index in [0.29, 0.717) is 9.90 Å². The summed E-state index contributed by atoms with van der Waals surface area (Å²) in [5.74, 6) is -1.86. The first-order chi connectivity index (χ1) is 14.2. The van der Waals surface area contributed by atoms with Crippen LogP contribution in [-0.4, -0.2) is 40.1 Å². The Morgan fingerprint density at radius 3 is 2.50 bits per heavy atom. The predicted molar refractivity (Wildman–Crippen MR) is 118 cm³/mol. The average Bonchev–Trinajstić information content (AvgIpc) is 3.37. The van der Waals surface area contributed by atoms with Gasteiger partial charge in [0.2, 0.25) is 11.8 Å². The lowest BCUT2D eigenvalue weighted by molar-refractivity contribution is -0.145. The molecule has 0 aliphatic carbocycles. The Morgan fingerprint density at radius 2 is 1.83 bits per heavy atom. The fourth-order valence-electron chi connectivity index (χ4n) is 5.07. The quantitative estimate of drug-likeness (QED) is 0.517. The van der Waals surface area contributed by atoms with Crippen molar-refractivity contribution in [2.75, 3.05) is 4.90 Å². The molecule has 0 radical (unpaired) electrons. The molecule has 0 unspecified atom stereocenters. The molecule has 0 N–H and O–H groups in total. The van der Waals surface area contributed by atoms with Crippen molar-refractivity contribution in [2.45, 2.75) is 38.4 Å². The molecule has 1 aromatic heterocycles. The lowest BCUT2D eigenvalue weighted by atomic mass is 9.87. The van der Waals surface area contributed by atoms with Crippen LogP contribution in [0.3, 0.4) is 0 Å². The third kappa shape index (κ3) is 2.63. The summed E-state index contributed by atoms with van der Waals surface area (Å²) in [5, 5.41) is 2.45. The number of carbonyl (C=O) groups is 3. The van der Waals surface area contributed by atoms with Crippen molar-refractivity contribution < 1.29 is 14.4 Å². The molecule has 1 aromatic carbocycles. The molecule has 3 aliphatic heterocycles. The van der Waals surface area contributed by atoms with Crippen LogP contribution in [0.5, 0.6) is 0 Å². The highest BCUT2D eigenvalue weighted by Crippen LogP contribution is 2.50. The van der Waals surface area contributed by atoms with Crippen molar-refractivity contribution in [3.8, 4) is 0 Å². The number of benzene rings is 1. The lowest BCUT2D eigenvalue weighted by Crippen LogP contribution is -2.52. The van der Waals surface area contributed by atoms with Crippen molar-refractivity contribution in [2.24, 2.45) is 11.8 Å². The second-order valence-corrected chi connectivity index (χ2v) is 10.4. The van der Waals surface area contributed by atoms with Gasteiger partial charge in [-0.3, -0.25) is 19.3 Å². The fourth-order valence-corrected chi connectivity index (χ4v) is 5.95. The van der Waals surface area contributed by atoms with E-state index in [1.807, 2.05) is 61.4 Å². The number of imide groups is 1. The van der Waals surface area contributed by atoms with Gasteiger partial charge in [-0.05, 0) is 56.0 Å². The summed E-state index contributed by atoms with van der Waals surface area (Å²) in [5.41, 5.74) is 1.08. The van der Waals surface area contributed by atoms with Gasteiger partial charge in [-0.2, -0.15) is 0 Å². The molecular formula is C23H21ClN2O3S. The number of fused-ring (bicyclic) bond motifs is 5. The van der Waals surface area contributed by atoms with Crippen LogP contribution in [0.2, 0.25) is 5.02 Å². The van der Waals surface area contributed by atoms with Gasteiger partial charge in [-0.15, -0.1) is 11.3 Å². The Labute approximate surface area is 183 Å². The van der Waals surface area contributed by atoms with Gasteiger partial charge in [-0.25, -0.2) is 0 Å². The Kier molecular flexibility index (Phi) is 4.25. The Balaban J connectivity index is 1.68. The summed E-state index contributed by atoms with van der Waals surface area (Å²) in [7, 11) is 0. The topological polar surface area (TPSA) is 57.7 Å². The van der Waals surface area contributed by atoms with Crippen molar-refractivity contribution >= 4 is 52.3 Å². The van der Waals surface area contributed by atoms with E-state index in [1.54, 1.807) is 12.1 Å². The van der Waals surface area contributed by atoms with E-state index in [0.717, 1.165) is 11.3 Å². The van der Waals surface area contributed by atoms with Gasteiger partial charge in [0.05, 0.1) is 22.8 Å². The molecule has 0 spiro atoms. The molecule has 2 fully saturated rings. The highest BCUT2D eigenvalue weighted by atomic mass is 35.5. The van der Waals surface area contributed by atoms with Crippen molar-refractivity contribution in [3.63, 3.8) is 0 Å². The van der Waals surface area contributed by atoms with E-state index in [-0.39, 0.29) is 23.6 Å². The van der Waals surface area contributed by atoms with Gasteiger partial charge < -0.3 is 4.90 Å². The average molecular weight is 441 g/mol. The number of halogens is 1. The number of anilines is 1. The number of carbonyl (C=O) groups excluding carboxylic acids is 3. The first-order valence-electron chi connectivity index (χ1n) is 9.92. The van der Waals surface area contributed by atoms with Crippen molar-refractivity contribution in [1.29, 1.82) is 0 Å². The smallest absolute Gasteiger partial charge is 0.236 e. The number of nitrogens with zero attached hydrogens (tertiary/aromatic N) is 2. The van der Waals surface area contributed by atoms with Crippen LogP contribution in [0.1, 0.15) is 36.0 Å². The third-order valence-corrected chi connectivity index (χ3v) is 7.29. The minimum Gasteiger partial charge on any atom is -0.352 e. The molecule has 2 aromatic rings. The summed E-state index contributed by atoms with van der Waals surface area (Å²) < 4.78 is 0. The highest BCUT2D eigenvalue weighted by Gasteiger charge is 2.65. The maximum Gasteiger partial charge on any atom is 0.236 e. The molecule has 3 aliphatic rings. The van der Waals surface area contributed by atoms with Crippen molar-refractivity contribution in [3.05, 3.63) is 57.3 Å². The van der Waals surface area contributed by atoms with Crippen LogP contribution in [0.15, 0.2) is 41.8 Å². The van der Waals surface area contributed by atoms with Gasteiger partial charge in [0.1, 0.15) is 6.04 Å². The third-order valence-electron chi connectivity index (χ3n) is 6.17. The first-order valence-corrected chi connectivity index (χ1v) is 11.2. The zero-order chi connectivity index (χ0) is 21.4. The molecular weight excluding hydrogens is 420 g/mol. The van der Waals surface area contributed by atoms with Crippen molar-refractivity contribution in [1.82, 2.24) is 4.90 Å². The zero-order valence-electron chi connectivity index (χ0n) is 16.8. The molecule has 0 saturated carbocycles. The Morgan fingerprint density at radius 1 is 1.10 bits per heavy atom. The van der Waals surface area contributed by atoms with E-state index in [9.17, 15) is 14.4 Å². The predicted octanol–water partition coefficient (Wildman–Crippen LogP) is 4.27. The monoisotopic (exact) mass is 440 g/mol. The molecule has 7 heteroatoms. The molecule has 154 valence electrons. The number of thiophene rings is 1. The van der Waals surface area contributed by atoms with E-state index >= 15 is 0 Å². The number of amides is 2. The summed E-state index contributed by atoms with van der Waals surface area (Å²) in [4.78, 5) is 44.5. The number of ketones is 1. The van der Waals surface area contributed by atoms with E-state index in [2.05, 4.69) is 0 Å². The molecule has 2 saturated heterocycles. The molecule has 5 rings (SSSR count). The van der Waals surface area contributed by atoms with Gasteiger partial charge in [0, 0.05) is 16.2 Å². The van der Waals surface area contributed by atoms with Gasteiger partial charge in [0.25, 0.3) is 0 Å². The van der Waals surface area contributed by atoms with Crippen LogP contribution < -0.4 is 4.90 Å². The highest BCUT2D eigenvalue weighted by molar-refractivity contribution is 7.12. The van der Waals surface area contributed by atoms with Gasteiger partial charge in [-0.1, -0.05) is 29.8 Å². The second-order valence-electron chi connectivity index (χ2n) is 8.98. The molecule has 0 bridgehead atoms. The summed E-state index contributed by atoms with van der Waals surface area (Å²) >= 11 is 7.54. The minimum absolute atomic E-state index is 0.115. The summed E-state index contributed by atoms with van der Waals surface area (Å²) in [6.45, 7) is 5.56. The van der Waals surface area contributed by atoms with E-state index < -0.39 is 23.4 Å². The van der Waals surface area contributed by atoms with Crippen LogP contribution in [0, 0.1) is 11.8 Å². The fraction of sp³-hybridized carbons (Fsp3) is 0.348. The Bertz CT molecular complexity index is 1100. The molecule has 4 heterocycles. The first kappa shape index (κ1) is 19.5. The number of Topliss-reactive ketones (excluding diaryl/α,β-unsaturated/α-hetero) is 1. The number of rotatable bonds is 2. The van der Waals surface area contributed by atoms with E-state index in [4.69, 9.17) is 11.6 Å². The Hall–Kier alpha value is -2.44. The standard InChI is InChI=1S/C23H21ClN2O3S/c1-23(2,3)26-21(28)17-15-8-6-12-11-13(24)7-9-14(12)25(15)19(18(17)22(26)29)20(27)16-5-4-10-30-16/h4-11,15,17-19H,1-3H3/t15-,17+,18+,19+/m1/s1. The maximum atomic E-state index is 13.6. The number of hydrogen-bond acceptors (Lipinski definition) is 5. The van der Waals surface area contributed by atoms with Crippen LogP contribution in [0.4, 0.5) is 5.69 Å². The van der Waals surface area contributed by atoms with Gasteiger partial charge >= 0.3 is 0 Å². The van der Waals surface area contributed by atoms with E-state index in [1.165, 1.54) is 16.2 Å². The van der Waals surface area contributed by atoms with Crippen LogP contribution >= 0.6 is 22.9 Å². The maximum absolute atomic E-state index is 13.6. The summed E-state index contributed by atoms with van der Waals surface area (Å²) in [6, 6.07) is 8.03.